The van der Waals surface area contributed by atoms with Gasteiger partial charge in [0.25, 0.3) is 0 Å². The number of carbonyl (C=O) groups excluding carboxylic acids is 1. The fraction of sp³-hybridized carbons (Fsp3) is 0.571. The first-order valence-corrected chi connectivity index (χ1v) is 10.3. The number of nitrogens with zero attached hydrogens (tertiary/aromatic N) is 3. The predicted octanol–water partition coefficient (Wildman–Crippen LogP) is 1.88. The topological polar surface area (TPSA) is 97.4 Å². The molecule has 2 unspecified atom stereocenters. The molecule has 2 fully saturated rings. The number of ether oxygens (including phenoxy) is 1. The molecule has 2 aliphatic heterocycles. The van der Waals surface area contributed by atoms with Crippen molar-refractivity contribution in [2.45, 2.75) is 70.4 Å². The standard InChI is InChI=1S/C21H29BN4O4/c1-8-12-21(17(27)28-9-2)20(7,24-21)26-16-11-10-14(13-15(16)23-25-26)22-29-18(3,4)19(5,6)30-22/h8,10-11,13,24H,1,9,12H2,2-7H3. The van der Waals surface area contributed by atoms with Crippen molar-refractivity contribution in [1.29, 1.82) is 0 Å². The van der Waals surface area contributed by atoms with Gasteiger partial charge in [0.1, 0.15) is 11.2 Å². The molecule has 2 saturated heterocycles. The van der Waals surface area contributed by atoms with E-state index in [1.165, 1.54) is 0 Å². The maximum absolute atomic E-state index is 12.7. The van der Waals surface area contributed by atoms with Crippen LogP contribution in [-0.2, 0) is 24.5 Å². The first-order valence-electron chi connectivity index (χ1n) is 10.3. The quantitative estimate of drug-likeness (QED) is 0.335. The highest BCUT2D eigenvalue weighted by Crippen LogP contribution is 2.47. The lowest BCUT2D eigenvalue weighted by atomic mass is 9.79. The number of fused-ring (bicyclic) bond motifs is 1. The summed E-state index contributed by atoms with van der Waals surface area (Å²) in [4.78, 5) is 12.7. The van der Waals surface area contributed by atoms with E-state index in [1.807, 2.05) is 52.8 Å². The maximum atomic E-state index is 12.7. The van der Waals surface area contributed by atoms with Gasteiger partial charge in [-0.25, -0.2) is 9.48 Å². The van der Waals surface area contributed by atoms with Crippen molar-refractivity contribution in [2.75, 3.05) is 6.61 Å². The van der Waals surface area contributed by atoms with Crippen LogP contribution in [-0.4, -0.2) is 51.4 Å². The highest BCUT2D eigenvalue weighted by molar-refractivity contribution is 6.62. The molecule has 30 heavy (non-hydrogen) atoms. The van der Waals surface area contributed by atoms with Gasteiger partial charge >= 0.3 is 13.1 Å². The van der Waals surface area contributed by atoms with Gasteiger partial charge in [0.15, 0.2) is 5.54 Å². The number of esters is 1. The maximum Gasteiger partial charge on any atom is 0.494 e. The number of aromatic nitrogens is 3. The molecule has 1 aromatic heterocycles. The Labute approximate surface area is 177 Å². The molecule has 0 aliphatic carbocycles. The van der Waals surface area contributed by atoms with E-state index in [9.17, 15) is 4.79 Å². The zero-order chi connectivity index (χ0) is 21.9. The summed E-state index contributed by atoms with van der Waals surface area (Å²) >= 11 is 0. The molecule has 3 heterocycles. The van der Waals surface area contributed by atoms with E-state index in [0.717, 1.165) is 11.0 Å². The highest BCUT2D eigenvalue weighted by atomic mass is 16.7. The number of nitrogens with one attached hydrogen (secondary N) is 1. The van der Waals surface area contributed by atoms with E-state index in [1.54, 1.807) is 17.7 Å². The fourth-order valence-electron chi connectivity index (χ4n) is 4.07. The average Bonchev–Trinajstić information content (AvgIpc) is 2.96. The second kappa shape index (κ2) is 6.64. The average molecular weight is 412 g/mol. The van der Waals surface area contributed by atoms with Gasteiger partial charge in [0, 0.05) is 0 Å². The Balaban J connectivity index is 1.67. The summed E-state index contributed by atoms with van der Waals surface area (Å²) in [6, 6.07) is 5.81. The Hall–Kier alpha value is -2.23. The third-order valence-electron chi connectivity index (χ3n) is 6.72. The van der Waals surface area contributed by atoms with Gasteiger partial charge in [0.2, 0.25) is 0 Å². The zero-order valence-corrected chi connectivity index (χ0v) is 18.5. The third kappa shape index (κ3) is 2.83. The molecule has 0 spiro atoms. The first-order chi connectivity index (χ1) is 14.0. The van der Waals surface area contributed by atoms with Crippen LogP contribution >= 0.6 is 0 Å². The number of hydrogen-bond donors (Lipinski definition) is 1. The van der Waals surface area contributed by atoms with Crippen LogP contribution in [0.15, 0.2) is 30.9 Å². The van der Waals surface area contributed by atoms with Gasteiger partial charge in [-0.05, 0) is 65.6 Å². The molecule has 1 N–H and O–H groups in total. The molecule has 4 rings (SSSR count). The molecule has 0 radical (unpaired) electrons. The number of hydrogen-bond acceptors (Lipinski definition) is 7. The molecular weight excluding hydrogens is 383 g/mol. The Morgan fingerprint density at radius 3 is 2.53 bits per heavy atom. The lowest BCUT2D eigenvalue weighted by Gasteiger charge is -2.32. The van der Waals surface area contributed by atoms with Crippen LogP contribution in [0.5, 0.6) is 0 Å². The lowest BCUT2D eigenvalue weighted by molar-refractivity contribution is -0.147. The smallest absolute Gasteiger partial charge is 0.464 e. The molecule has 9 heteroatoms. The fourth-order valence-corrected chi connectivity index (χ4v) is 4.07. The molecule has 1 aromatic carbocycles. The van der Waals surface area contributed by atoms with E-state index < -0.39 is 29.5 Å². The van der Waals surface area contributed by atoms with E-state index >= 15 is 0 Å². The van der Waals surface area contributed by atoms with Crippen LogP contribution in [0.4, 0.5) is 0 Å². The monoisotopic (exact) mass is 412 g/mol. The molecule has 0 saturated carbocycles. The predicted molar refractivity (Wildman–Crippen MR) is 114 cm³/mol. The van der Waals surface area contributed by atoms with Crippen LogP contribution in [0.1, 0.15) is 48.0 Å². The molecule has 0 bridgehead atoms. The summed E-state index contributed by atoms with van der Waals surface area (Å²) in [6.07, 6.45) is 2.14. The largest absolute Gasteiger partial charge is 0.494 e. The van der Waals surface area contributed by atoms with Crippen LogP contribution < -0.4 is 10.8 Å². The van der Waals surface area contributed by atoms with Crippen molar-refractivity contribution in [2.24, 2.45) is 0 Å². The Kier molecular flexibility index (Phi) is 4.65. The van der Waals surface area contributed by atoms with E-state index in [2.05, 4.69) is 22.2 Å². The van der Waals surface area contributed by atoms with Crippen molar-refractivity contribution in [3.63, 3.8) is 0 Å². The minimum Gasteiger partial charge on any atom is -0.464 e. The van der Waals surface area contributed by atoms with Gasteiger partial charge in [-0.1, -0.05) is 17.4 Å². The van der Waals surface area contributed by atoms with Crippen molar-refractivity contribution in [1.82, 2.24) is 20.3 Å². The van der Waals surface area contributed by atoms with E-state index in [-0.39, 0.29) is 5.97 Å². The summed E-state index contributed by atoms with van der Waals surface area (Å²) < 4.78 is 19.3. The third-order valence-corrected chi connectivity index (χ3v) is 6.72. The number of carbonyl (C=O) groups is 1. The molecule has 0 amide bonds. The Morgan fingerprint density at radius 1 is 1.27 bits per heavy atom. The number of rotatable bonds is 6. The lowest BCUT2D eigenvalue weighted by Crippen LogP contribution is -2.41. The molecule has 2 atom stereocenters. The van der Waals surface area contributed by atoms with E-state index in [0.29, 0.717) is 18.5 Å². The first kappa shape index (κ1) is 21.0. The van der Waals surface area contributed by atoms with E-state index in [4.69, 9.17) is 14.0 Å². The van der Waals surface area contributed by atoms with Gasteiger partial charge in [-0.3, -0.25) is 5.32 Å². The molecular formula is C21H29BN4O4. The van der Waals surface area contributed by atoms with Gasteiger partial charge < -0.3 is 14.0 Å². The van der Waals surface area contributed by atoms with Crippen molar-refractivity contribution < 1.29 is 18.8 Å². The van der Waals surface area contributed by atoms with Crippen molar-refractivity contribution >= 4 is 29.6 Å². The minimum atomic E-state index is -0.907. The Bertz CT molecular complexity index is 1000. The van der Waals surface area contributed by atoms with Crippen LogP contribution in [0.25, 0.3) is 11.0 Å². The minimum absolute atomic E-state index is 0.311. The highest BCUT2D eigenvalue weighted by Gasteiger charge is 2.72. The van der Waals surface area contributed by atoms with Gasteiger partial charge in [-0.2, -0.15) is 0 Å². The summed E-state index contributed by atoms with van der Waals surface area (Å²) in [5, 5.41) is 12.0. The summed E-state index contributed by atoms with van der Waals surface area (Å²) in [7, 11) is -0.474. The van der Waals surface area contributed by atoms with Gasteiger partial charge in [0.05, 0.1) is 23.3 Å². The molecule has 160 valence electrons. The van der Waals surface area contributed by atoms with Crippen LogP contribution in [0.2, 0.25) is 0 Å². The molecule has 2 aliphatic rings. The summed E-state index contributed by atoms with van der Waals surface area (Å²) in [5.74, 6) is -0.315. The molecule has 2 aromatic rings. The van der Waals surface area contributed by atoms with Crippen molar-refractivity contribution in [3.8, 4) is 0 Å². The Morgan fingerprint density at radius 2 is 1.93 bits per heavy atom. The van der Waals surface area contributed by atoms with Crippen LogP contribution in [0.3, 0.4) is 0 Å². The SMILES string of the molecule is C=CCC1(C(=O)OCC)NC1(C)n1nnc2cc(B3OC(C)(C)C(C)(C)O3)ccc21. The van der Waals surface area contributed by atoms with Gasteiger partial charge in [-0.15, -0.1) is 11.7 Å². The number of benzene rings is 1. The second-order valence-electron chi connectivity index (χ2n) is 9.15. The normalized spacial score (nSPS) is 29.2. The summed E-state index contributed by atoms with van der Waals surface area (Å²) in [6.45, 7) is 15.9. The zero-order valence-electron chi connectivity index (χ0n) is 18.5. The van der Waals surface area contributed by atoms with Crippen molar-refractivity contribution in [3.05, 3.63) is 30.9 Å². The second-order valence-corrected chi connectivity index (χ2v) is 9.15. The summed E-state index contributed by atoms with van der Waals surface area (Å²) in [5.41, 5.74) is -0.109. The van der Waals surface area contributed by atoms with Crippen LogP contribution in [0, 0.1) is 0 Å². The molecule has 8 nitrogen and oxygen atoms in total.